The van der Waals surface area contributed by atoms with Gasteiger partial charge in [-0.2, -0.15) is 0 Å². The van der Waals surface area contributed by atoms with E-state index in [0.717, 1.165) is 15.6 Å². The lowest BCUT2D eigenvalue weighted by Gasteiger charge is -2.10. The van der Waals surface area contributed by atoms with E-state index in [1.54, 1.807) is 54.7 Å². The minimum absolute atomic E-state index is 0.0727. The summed E-state index contributed by atoms with van der Waals surface area (Å²) in [6.07, 6.45) is 0.554. The minimum atomic E-state index is -3.87. The number of ether oxygens (including phenoxy) is 1. The van der Waals surface area contributed by atoms with Crippen LogP contribution >= 0.6 is 15.9 Å². The van der Waals surface area contributed by atoms with Gasteiger partial charge in [-0.25, -0.2) is 25.5 Å². The molecule has 40 heavy (non-hydrogen) atoms. The molecule has 0 spiro atoms. The number of hydrogen-bond donors (Lipinski definition) is 2. The standard InChI is InChI=1S/C29H27BrN2O6S2/c1-19-6-11-22(12-7-19)39(34,35)31-16-21(18-33)10-15-27-29(38-27)24-17-32(26-5-3-4-25(30)28(24)26)40(36,37)23-13-8-20(2)9-14-23/h3-9,11-14,17,21,27,29,31,33H,16,18H2,1-2H3/t21-,27-,29+/m0/s1. The van der Waals surface area contributed by atoms with E-state index in [0.29, 0.717) is 16.5 Å². The molecular formula is C29H27BrN2O6S2. The molecular weight excluding hydrogens is 616 g/mol. The van der Waals surface area contributed by atoms with E-state index in [4.69, 9.17) is 4.74 Å². The molecule has 8 nitrogen and oxygen atoms in total. The largest absolute Gasteiger partial charge is 0.395 e. The van der Waals surface area contributed by atoms with Gasteiger partial charge in [0.1, 0.15) is 12.2 Å². The van der Waals surface area contributed by atoms with E-state index < -0.39 is 38.2 Å². The van der Waals surface area contributed by atoms with Crippen LogP contribution in [0.15, 0.2) is 87.2 Å². The van der Waals surface area contributed by atoms with Gasteiger partial charge in [0, 0.05) is 28.2 Å². The topological polar surface area (TPSA) is 118 Å². The predicted molar refractivity (Wildman–Crippen MR) is 156 cm³/mol. The normalized spacial score (nSPS) is 17.8. The van der Waals surface area contributed by atoms with Crippen molar-refractivity contribution in [3.8, 4) is 11.8 Å². The molecule has 3 aromatic carbocycles. The summed E-state index contributed by atoms with van der Waals surface area (Å²) in [7, 11) is -7.62. The number of aliphatic hydroxyl groups excluding tert-OH is 1. The van der Waals surface area contributed by atoms with Crippen LogP contribution in [0.2, 0.25) is 0 Å². The maximum Gasteiger partial charge on any atom is 0.268 e. The third kappa shape index (κ3) is 5.74. The van der Waals surface area contributed by atoms with Gasteiger partial charge in [-0.3, -0.25) is 0 Å². The van der Waals surface area contributed by atoms with Crippen molar-refractivity contribution in [1.29, 1.82) is 0 Å². The summed E-state index contributed by atoms with van der Waals surface area (Å²) < 4.78 is 62.5. The van der Waals surface area contributed by atoms with Crippen molar-refractivity contribution in [2.45, 2.75) is 35.8 Å². The molecule has 1 saturated heterocycles. The number of epoxide rings is 1. The van der Waals surface area contributed by atoms with Crippen LogP contribution in [0, 0.1) is 31.6 Å². The third-order valence-electron chi connectivity index (χ3n) is 6.65. The number of rotatable bonds is 8. The van der Waals surface area contributed by atoms with Crippen LogP contribution in [-0.2, 0) is 24.8 Å². The predicted octanol–water partition coefficient (Wildman–Crippen LogP) is 4.29. The van der Waals surface area contributed by atoms with Crippen LogP contribution < -0.4 is 4.72 Å². The van der Waals surface area contributed by atoms with Crippen LogP contribution in [0.25, 0.3) is 10.9 Å². The number of hydrogen-bond acceptors (Lipinski definition) is 6. The molecule has 2 N–H and O–H groups in total. The Morgan fingerprint density at radius 1 is 0.975 bits per heavy atom. The van der Waals surface area contributed by atoms with Crippen molar-refractivity contribution in [2.24, 2.45) is 5.92 Å². The maximum atomic E-state index is 13.5. The summed E-state index contributed by atoms with van der Waals surface area (Å²) in [5, 5.41) is 10.5. The van der Waals surface area contributed by atoms with Gasteiger partial charge in [-0.15, -0.1) is 0 Å². The monoisotopic (exact) mass is 642 g/mol. The first-order valence-electron chi connectivity index (χ1n) is 12.5. The van der Waals surface area contributed by atoms with E-state index in [2.05, 4.69) is 32.5 Å². The average molecular weight is 644 g/mol. The summed E-state index contributed by atoms with van der Waals surface area (Å²) >= 11 is 3.55. The lowest BCUT2D eigenvalue weighted by molar-refractivity contribution is 0.258. The molecule has 4 aromatic rings. The summed E-state index contributed by atoms with van der Waals surface area (Å²) in [6.45, 7) is 3.34. The van der Waals surface area contributed by atoms with Crippen LogP contribution in [0.3, 0.4) is 0 Å². The molecule has 1 fully saturated rings. The van der Waals surface area contributed by atoms with Crippen LogP contribution in [0.4, 0.5) is 0 Å². The number of fused-ring (bicyclic) bond motifs is 1. The Kier molecular flexibility index (Phi) is 7.94. The van der Waals surface area contributed by atoms with E-state index in [-0.39, 0.29) is 22.9 Å². The molecule has 0 amide bonds. The lowest BCUT2D eigenvalue weighted by atomic mass is 10.1. The molecule has 2 heterocycles. The number of benzene rings is 3. The number of aromatic nitrogens is 1. The summed E-state index contributed by atoms with van der Waals surface area (Å²) in [4.78, 5) is 0.310. The molecule has 0 aliphatic carbocycles. The van der Waals surface area contributed by atoms with E-state index >= 15 is 0 Å². The molecule has 1 aromatic heterocycles. The van der Waals surface area contributed by atoms with Gasteiger partial charge in [-0.05, 0) is 50.2 Å². The van der Waals surface area contributed by atoms with Gasteiger partial charge in [0.25, 0.3) is 10.0 Å². The highest BCUT2D eigenvalue weighted by molar-refractivity contribution is 9.10. The van der Waals surface area contributed by atoms with Crippen molar-refractivity contribution in [1.82, 2.24) is 8.69 Å². The highest BCUT2D eigenvalue weighted by Gasteiger charge is 2.42. The zero-order chi connectivity index (χ0) is 28.7. The van der Waals surface area contributed by atoms with Crippen molar-refractivity contribution in [3.05, 3.63) is 94.1 Å². The van der Waals surface area contributed by atoms with Crippen LogP contribution in [0.5, 0.6) is 0 Å². The average Bonchev–Trinajstić information content (AvgIpc) is 3.58. The maximum absolute atomic E-state index is 13.5. The van der Waals surface area contributed by atoms with Gasteiger partial charge in [0.2, 0.25) is 10.0 Å². The molecule has 208 valence electrons. The number of nitrogens with zero attached hydrogens (tertiary/aromatic N) is 1. The summed E-state index contributed by atoms with van der Waals surface area (Å²) in [5.41, 5.74) is 3.07. The van der Waals surface area contributed by atoms with Gasteiger partial charge in [0.15, 0.2) is 0 Å². The molecule has 0 unspecified atom stereocenters. The second-order valence-corrected chi connectivity index (χ2v) is 14.1. The fraction of sp³-hybridized carbons (Fsp3) is 0.241. The van der Waals surface area contributed by atoms with Gasteiger partial charge >= 0.3 is 0 Å². The number of nitrogens with one attached hydrogen (secondary N) is 1. The molecule has 0 radical (unpaired) electrons. The van der Waals surface area contributed by atoms with E-state index in [9.17, 15) is 21.9 Å². The van der Waals surface area contributed by atoms with E-state index in [1.165, 1.54) is 16.1 Å². The highest BCUT2D eigenvalue weighted by Crippen LogP contribution is 2.45. The zero-order valence-corrected chi connectivity index (χ0v) is 24.9. The smallest absolute Gasteiger partial charge is 0.268 e. The molecule has 5 rings (SSSR count). The van der Waals surface area contributed by atoms with Gasteiger partial charge in [-0.1, -0.05) is 69.2 Å². The SMILES string of the molecule is Cc1ccc(S(=O)(=O)NC[C@H](C#C[C@@H]2O[C@@H]2c2cn(S(=O)(=O)c3ccc(C)cc3)c3cccc(Br)c23)CO)cc1. The molecule has 1 aliphatic heterocycles. The molecule has 1 aliphatic rings. The van der Waals surface area contributed by atoms with Crippen LogP contribution in [0.1, 0.15) is 22.8 Å². The second-order valence-electron chi connectivity index (χ2n) is 9.64. The Labute approximate surface area is 242 Å². The van der Waals surface area contributed by atoms with Gasteiger partial charge < -0.3 is 9.84 Å². The fourth-order valence-corrected chi connectivity index (χ4v) is 7.35. The number of aliphatic hydroxyl groups is 1. The fourth-order valence-electron chi connectivity index (χ4n) is 4.31. The molecule has 11 heteroatoms. The Morgan fingerprint density at radius 2 is 1.60 bits per heavy atom. The first kappa shape index (κ1) is 28.5. The first-order chi connectivity index (χ1) is 19.0. The number of halogens is 1. The summed E-state index contributed by atoms with van der Waals surface area (Å²) in [6, 6.07) is 18.5. The Balaban J connectivity index is 1.36. The summed E-state index contributed by atoms with van der Waals surface area (Å²) in [5.74, 6) is 5.22. The Bertz CT molecular complexity index is 1840. The lowest BCUT2D eigenvalue weighted by Crippen LogP contribution is -2.30. The number of aryl methyl sites for hydroxylation is 2. The van der Waals surface area contributed by atoms with E-state index in [1.807, 2.05) is 19.9 Å². The second kappa shape index (κ2) is 11.1. The quantitative estimate of drug-likeness (QED) is 0.219. The van der Waals surface area contributed by atoms with Crippen LogP contribution in [-0.4, -0.2) is 45.2 Å². The van der Waals surface area contributed by atoms with Crippen molar-refractivity contribution < 1.29 is 26.7 Å². The van der Waals surface area contributed by atoms with Crippen molar-refractivity contribution in [2.75, 3.05) is 13.2 Å². The van der Waals surface area contributed by atoms with Gasteiger partial charge in [0.05, 0.1) is 27.8 Å². The molecule has 0 bridgehead atoms. The highest BCUT2D eigenvalue weighted by atomic mass is 79.9. The van der Waals surface area contributed by atoms with Crippen molar-refractivity contribution >= 4 is 46.9 Å². The zero-order valence-electron chi connectivity index (χ0n) is 21.7. The minimum Gasteiger partial charge on any atom is -0.395 e. The molecule has 3 atom stereocenters. The number of sulfonamides is 1. The first-order valence-corrected chi connectivity index (χ1v) is 16.2. The Hall–Kier alpha value is -2.98. The third-order valence-corrected chi connectivity index (χ3v) is 10.4. The molecule has 0 saturated carbocycles. The van der Waals surface area contributed by atoms with Crippen molar-refractivity contribution in [3.63, 3.8) is 0 Å². The Morgan fingerprint density at radius 3 is 2.23 bits per heavy atom.